The highest BCUT2D eigenvalue weighted by Gasteiger charge is 2.41. The fraction of sp³-hybridized carbons (Fsp3) is 0.909. The molecule has 3 fully saturated rings. The van der Waals surface area contributed by atoms with Crippen LogP contribution in [0.15, 0.2) is 0 Å². The van der Waals surface area contributed by atoms with Gasteiger partial charge in [-0.25, -0.2) is 13.4 Å². The number of ether oxygens (including phenoxy) is 1. The number of rotatable bonds is 7. The molecule has 9 heteroatoms. The number of carbonyl (C=O) groups is 2. The van der Waals surface area contributed by atoms with Crippen molar-refractivity contribution in [2.75, 3.05) is 18.9 Å². The standard InChI is InChI=1S/C22H39N3O5S/c1-4-30-22(27)20-14-23-25(15(20)3)18-10-6-16(7-11-18)21(26)24-17-8-12-19(13-9-17)31(28,29)5-2/h15-20,23H,4-14H2,1-3H3,(H,24,26). The summed E-state index contributed by atoms with van der Waals surface area (Å²) in [5.74, 6) is 0.0505. The van der Waals surface area contributed by atoms with Gasteiger partial charge in [0.1, 0.15) is 0 Å². The van der Waals surface area contributed by atoms with Crippen LogP contribution in [0.4, 0.5) is 0 Å². The first-order chi connectivity index (χ1) is 14.8. The summed E-state index contributed by atoms with van der Waals surface area (Å²) in [6.45, 7) is 6.60. The molecule has 2 saturated carbocycles. The van der Waals surface area contributed by atoms with Crippen LogP contribution < -0.4 is 10.7 Å². The molecule has 3 aliphatic rings. The molecule has 0 aromatic carbocycles. The Kier molecular flexibility index (Phi) is 8.37. The number of amides is 1. The highest BCUT2D eigenvalue weighted by Crippen LogP contribution is 2.32. The lowest BCUT2D eigenvalue weighted by Crippen LogP contribution is -2.49. The Morgan fingerprint density at radius 1 is 1.03 bits per heavy atom. The summed E-state index contributed by atoms with van der Waals surface area (Å²) in [7, 11) is -2.98. The lowest BCUT2D eigenvalue weighted by atomic mass is 9.84. The number of sulfone groups is 1. The molecular formula is C22H39N3O5S. The van der Waals surface area contributed by atoms with Crippen LogP contribution in [0.25, 0.3) is 0 Å². The van der Waals surface area contributed by atoms with Gasteiger partial charge < -0.3 is 10.1 Å². The van der Waals surface area contributed by atoms with Gasteiger partial charge in [0.15, 0.2) is 9.84 Å². The molecule has 3 rings (SSSR count). The van der Waals surface area contributed by atoms with Gasteiger partial charge in [0.05, 0.1) is 17.8 Å². The van der Waals surface area contributed by atoms with E-state index >= 15 is 0 Å². The van der Waals surface area contributed by atoms with Crippen LogP contribution in [-0.2, 0) is 24.2 Å². The Bertz CT molecular complexity index is 727. The third-order valence-corrected chi connectivity index (χ3v) is 9.79. The molecule has 0 aromatic heterocycles. The topological polar surface area (TPSA) is 105 Å². The Morgan fingerprint density at radius 2 is 1.68 bits per heavy atom. The van der Waals surface area contributed by atoms with E-state index in [4.69, 9.17) is 4.74 Å². The van der Waals surface area contributed by atoms with Crippen LogP contribution in [0.5, 0.6) is 0 Å². The second kappa shape index (κ2) is 10.6. The Balaban J connectivity index is 1.42. The van der Waals surface area contributed by atoms with Crippen molar-refractivity contribution < 1.29 is 22.7 Å². The number of esters is 1. The first-order valence-corrected chi connectivity index (χ1v) is 13.7. The van der Waals surface area contributed by atoms with Gasteiger partial charge in [-0.15, -0.1) is 0 Å². The van der Waals surface area contributed by atoms with Gasteiger partial charge in [0, 0.05) is 36.3 Å². The second-order valence-corrected chi connectivity index (χ2v) is 11.9. The molecule has 0 radical (unpaired) electrons. The van der Waals surface area contributed by atoms with Gasteiger partial charge in [-0.1, -0.05) is 6.92 Å². The van der Waals surface area contributed by atoms with Gasteiger partial charge in [0.25, 0.3) is 0 Å². The van der Waals surface area contributed by atoms with E-state index in [-0.39, 0.29) is 46.8 Å². The van der Waals surface area contributed by atoms with Crippen molar-refractivity contribution in [3.05, 3.63) is 0 Å². The van der Waals surface area contributed by atoms with Gasteiger partial charge in [-0.2, -0.15) is 0 Å². The molecule has 178 valence electrons. The zero-order chi connectivity index (χ0) is 22.6. The lowest BCUT2D eigenvalue weighted by molar-refractivity contribution is -0.148. The molecule has 0 bridgehead atoms. The van der Waals surface area contributed by atoms with E-state index in [2.05, 4.69) is 22.7 Å². The maximum absolute atomic E-state index is 12.8. The molecule has 1 amide bonds. The quantitative estimate of drug-likeness (QED) is 0.562. The number of hydrazine groups is 1. The Hall–Kier alpha value is -1.19. The average molecular weight is 458 g/mol. The first-order valence-electron chi connectivity index (χ1n) is 12.0. The minimum atomic E-state index is -2.98. The highest BCUT2D eigenvalue weighted by molar-refractivity contribution is 7.92. The summed E-state index contributed by atoms with van der Waals surface area (Å²) in [5, 5.41) is 5.14. The van der Waals surface area contributed by atoms with Crippen LogP contribution in [0.3, 0.4) is 0 Å². The van der Waals surface area contributed by atoms with E-state index in [9.17, 15) is 18.0 Å². The molecule has 1 aliphatic heterocycles. The van der Waals surface area contributed by atoms with Crippen molar-refractivity contribution in [1.29, 1.82) is 0 Å². The van der Waals surface area contributed by atoms with E-state index < -0.39 is 9.84 Å². The SMILES string of the molecule is CCOC(=O)C1CNN(C2CCC(C(=O)NC3CCC(S(=O)(=O)CC)CC3)CC2)C1C. The zero-order valence-electron chi connectivity index (χ0n) is 19.1. The van der Waals surface area contributed by atoms with E-state index in [1.54, 1.807) is 6.92 Å². The van der Waals surface area contributed by atoms with E-state index in [0.29, 0.717) is 32.0 Å². The molecule has 1 saturated heterocycles. The van der Waals surface area contributed by atoms with Crippen molar-refractivity contribution in [3.8, 4) is 0 Å². The fourth-order valence-corrected chi connectivity index (χ4v) is 6.90. The molecule has 2 unspecified atom stereocenters. The normalized spacial score (nSPS) is 34.9. The third kappa shape index (κ3) is 5.79. The molecule has 8 nitrogen and oxygen atoms in total. The van der Waals surface area contributed by atoms with Crippen LogP contribution in [-0.4, -0.2) is 67.6 Å². The number of nitrogens with one attached hydrogen (secondary N) is 2. The summed E-state index contributed by atoms with van der Waals surface area (Å²) >= 11 is 0. The number of nitrogens with zero attached hydrogens (tertiary/aromatic N) is 1. The molecule has 2 atom stereocenters. The van der Waals surface area contributed by atoms with Crippen LogP contribution in [0, 0.1) is 11.8 Å². The second-order valence-electron chi connectivity index (χ2n) is 9.31. The summed E-state index contributed by atoms with van der Waals surface area (Å²) in [5.41, 5.74) is 3.38. The number of hydrogen-bond acceptors (Lipinski definition) is 7. The summed E-state index contributed by atoms with van der Waals surface area (Å²) in [6.07, 6.45) is 6.31. The molecule has 0 aromatic rings. The van der Waals surface area contributed by atoms with Gasteiger partial charge in [-0.3, -0.25) is 15.0 Å². The minimum Gasteiger partial charge on any atom is -0.466 e. The van der Waals surface area contributed by atoms with Crippen molar-refractivity contribution in [3.63, 3.8) is 0 Å². The van der Waals surface area contributed by atoms with Crippen molar-refractivity contribution in [1.82, 2.24) is 15.8 Å². The van der Waals surface area contributed by atoms with Gasteiger partial charge in [0.2, 0.25) is 5.91 Å². The number of carbonyl (C=O) groups excluding carboxylic acids is 2. The van der Waals surface area contributed by atoms with Crippen LogP contribution in [0.2, 0.25) is 0 Å². The van der Waals surface area contributed by atoms with Crippen LogP contribution in [0.1, 0.15) is 72.1 Å². The minimum absolute atomic E-state index is 0.0205. The highest BCUT2D eigenvalue weighted by atomic mass is 32.2. The fourth-order valence-electron chi connectivity index (χ4n) is 5.44. The van der Waals surface area contributed by atoms with E-state index in [1.807, 2.05) is 6.92 Å². The first kappa shape index (κ1) is 24.5. The Labute approximate surface area is 186 Å². The smallest absolute Gasteiger partial charge is 0.311 e. The maximum Gasteiger partial charge on any atom is 0.311 e. The van der Waals surface area contributed by atoms with Crippen molar-refractivity contribution in [2.24, 2.45) is 11.8 Å². The molecule has 1 heterocycles. The molecule has 31 heavy (non-hydrogen) atoms. The number of hydrogen-bond donors (Lipinski definition) is 2. The summed E-state index contributed by atoms with van der Waals surface area (Å²) < 4.78 is 29.3. The van der Waals surface area contributed by atoms with E-state index in [1.165, 1.54) is 0 Å². The monoisotopic (exact) mass is 457 g/mol. The van der Waals surface area contributed by atoms with E-state index in [0.717, 1.165) is 38.5 Å². The summed E-state index contributed by atoms with van der Waals surface area (Å²) in [4.78, 5) is 24.9. The third-order valence-electron chi connectivity index (χ3n) is 7.50. The zero-order valence-corrected chi connectivity index (χ0v) is 20.0. The molecule has 0 spiro atoms. The maximum atomic E-state index is 12.8. The van der Waals surface area contributed by atoms with Crippen molar-refractivity contribution >= 4 is 21.7 Å². The summed E-state index contributed by atoms with van der Waals surface area (Å²) in [6, 6.07) is 0.510. The predicted molar refractivity (Wildman–Crippen MR) is 119 cm³/mol. The van der Waals surface area contributed by atoms with Crippen molar-refractivity contribution in [2.45, 2.75) is 95.5 Å². The lowest BCUT2D eigenvalue weighted by Gasteiger charge is -2.37. The average Bonchev–Trinajstić information content (AvgIpc) is 3.15. The van der Waals surface area contributed by atoms with Gasteiger partial charge in [-0.05, 0) is 65.2 Å². The van der Waals surface area contributed by atoms with Gasteiger partial charge >= 0.3 is 5.97 Å². The largest absolute Gasteiger partial charge is 0.466 e. The predicted octanol–water partition coefficient (Wildman–Crippen LogP) is 1.80. The Morgan fingerprint density at radius 3 is 2.26 bits per heavy atom. The van der Waals surface area contributed by atoms with Crippen LogP contribution >= 0.6 is 0 Å². The molecule has 2 N–H and O–H groups in total. The molecular weight excluding hydrogens is 418 g/mol. The molecule has 2 aliphatic carbocycles.